The Bertz CT molecular complexity index is 287. The Hall–Kier alpha value is -0.810. The maximum atomic E-state index is 12.0. The summed E-state index contributed by atoms with van der Waals surface area (Å²) in [6.07, 6.45) is 2.09. The number of hydrogen-bond donors (Lipinski definition) is 2. The van der Waals surface area contributed by atoms with Crippen LogP contribution in [0.3, 0.4) is 0 Å². The first-order chi connectivity index (χ1) is 8.04. The Morgan fingerprint density at radius 3 is 2.71 bits per heavy atom. The average Bonchev–Trinajstić information content (AvgIpc) is 2.73. The molecular formula is C12H23N3O2. The molecule has 2 fully saturated rings. The fraction of sp³-hybridized carbons (Fsp3) is 0.917. The van der Waals surface area contributed by atoms with Crippen molar-refractivity contribution in [2.75, 3.05) is 26.3 Å². The number of hydrogen-bond acceptors (Lipinski definition) is 3. The van der Waals surface area contributed by atoms with Gasteiger partial charge in [-0.15, -0.1) is 0 Å². The van der Waals surface area contributed by atoms with Gasteiger partial charge in [0.25, 0.3) is 0 Å². The lowest BCUT2D eigenvalue weighted by Crippen LogP contribution is -2.50. The molecule has 0 radical (unpaired) electrons. The zero-order valence-corrected chi connectivity index (χ0v) is 10.7. The van der Waals surface area contributed by atoms with Gasteiger partial charge in [0, 0.05) is 26.3 Å². The lowest BCUT2D eigenvalue weighted by Gasteiger charge is -2.34. The lowest BCUT2D eigenvalue weighted by atomic mass is 9.91. The van der Waals surface area contributed by atoms with Crippen molar-refractivity contribution < 1.29 is 9.53 Å². The Balaban J connectivity index is 1.99. The highest BCUT2D eigenvalue weighted by Crippen LogP contribution is 2.26. The van der Waals surface area contributed by atoms with Gasteiger partial charge in [-0.2, -0.15) is 0 Å². The minimum absolute atomic E-state index is 0.0249. The van der Waals surface area contributed by atoms with Gasteiger partial charge in [0.2, 0.25) is 0 Å². The summed E-state index contributed by atoms with van der Waals surface area (Å²) in [4.78, 5) is 13.8. The molecule has 0 spiro atoms. The van der Waals surface area contributed by atoms with Crippen LogP contribution in [0.25, 0.3) is 0 Å². The van der Waals surface area contributed by atoms with Gasteiger partial charge in [-0.1, -0.05) is 0 Å². The third kappa shape index (κ3) is 2.55. The highest BCUT2D eigenvalue weighted by Gasteiger charge is 2.40. The molecule has 0 saturated carbocycles. The molecule has 2 aliphatic heterocycles. The van der Waals surface area contributed by atoms with Crippen LogP contribution in [0, 0.1) is 5.92 Å². The van der Waals surface area contributed by atoms with E-state index in [0.29, 0.717) is 12.5 Å². The maximum Gasteiger partial charge on any atom is 0.318 e. The van der Waals surface area contributed by atoms with Gasteiger partial charge >= 0.3 is 6.03 Å². The molecule has 3 N–H and O–H groups in total. The first-order valence-electron chi connectivity index (χ1n) is 6.40. The van der Waals surface area contributed by atoms with E-state index in [0.717, 1.165) is 32.6 Å². The van der Waals surface area contributed by atoms with E-state index < -0.39 is 0 Å². The normalized spacial score (nSPS) is 27.4. The smallest absolute Gasteiger partial charge is 0.318 e. The molecule has 2 aliphatic rings. The number of rotatable bonds is 3. The summed E-state index contributed by atoms with van der Waals surface area (Å²) in [5.41, 5.74) is 5.47. The highest BCUT2D eigenvalue weighted by molar-refractivity contribution is 5.77. The third-order valence-electron chi connectivity index (χ3n) is 4.00. The zero-order valence-electron chi connectivity index (χ0n) is 10.7. The molecule has 1 unspecified atom stereocenters. The minimum Gasteiger partial charge on any atom is -0.381 e. The summed E-state index contributed by atoms with van der Waals surface area (Å²) in [5.74, 6) is 0.547. The lowest BCUT2D eigenvalue weighted by molar-refractivity contribution is 0.0551. The number of nitrogens with zero attached hydrogens (tertiary/aromatic N) is 1. The van der Waals surface area contributed by atoms with Crippen molar-refractivity contribution in [3.05, 3.63) is 0 Å². The second-order valence-corrected chi connectivity index (χ2v) is 5.63. The van der Waals surface area contributed by atoms with Gasteiger partial charge in [0.05, 0.1) is 11.6 Å². The molecule has 98 valence electrons. The molecule has 17 heavy (non-hydrogen) atoms. The number of carbonyl (C=O) groups excluding carboxylic acids is 1. The molecule has 5 heteroatoms. The van der Waals surface area contributed by atoms with E-state index in [2.05, 4.69) is 5.32 Å². The van der Waals surface area contributed by atoms with Crippen LogP contribution in [0.1, 0.15) is 26.7 Å². The van der Waals surface area contributed by atoms with Crippen LogP contribution in [0.2, 0.25) is 0 Å². The summed E-state index contributed by atoms with van der Waals surface area (Å²) < 4.78 is 5.36. The predicted molar refractivity (Wildman–Crippen MR) is 65.7 cm³/mol. The predicted octanol–water partition coefficient (Wildman–Crippen LogP) is 0.544. The summed E-state index contributed by atoms with van der Waals surface area (Å²) in [6.45, 7) is 6.92. The third-order valence-corrected chi connectivity index (χ3v) is 4.00. The standard InChI is InChI=1S/C12H23N3O2/c1-12(2,8-13)15-7-10(14-11(15)16)9-3-5-17-6-4-9/h9-10H,3-8,13H2,1-2H3,(H,14,16). The first-order valence-corrected chi connectivity index (χ1v) is 6.40. The second-order valence-electron chi connectivity index (χ2n) is 5.63. The number of carbonyl (C=O) groups is 1. The van der Waals surface area contributed by atoms with Crippen LogP contribution >= 0.6 is 0 Å². The van der Waals surface area contributed by atoms with Crippen LogP contribution in [0.5, 0.6) is 0 Å². The van der Waals surface area contributed by atoms with Crippen molar-refractivity contribution in [1.82, 2.24) is 10.2 Å². The van der Waals surface area contributed by atoms with Crippen LogP contribution in [0.4, 0.5) is 4.79 Å². The van der Waals surface area contributed by atoms with Crippen molar-refractivity contribution in [2.24, 2.45) is 11.7 Å². The summed E-state index contributed by atoms with van der Waals surface area (Å²) in [5, 5.41) is 3.09. The van der Waals surface area contributed by atoms with Crippen molar-refractivity contribution in [2.45, 2.75) is 38.3 Å². The maximum absolute atomic E-state index is 12.0. The van der Waals surface area contributed by atoms with Gasteiger partial charge in [0.1, 0.15) is 0 Å². The molecular weight excluding hydrogens is 218 g/mol. The van der Waals surface area contributed by atoms with E-state index in [9.17, 15) is 4.79 Å². The van der Waals surface area contributed by atoms with Gasteiger partial charge in [0.15, 0.2) is 0 Å². The molecule has 2 heterocycles. The molecule has 0 aromatic heterocycles. The molecule has 2 amide bonds. The van der Waals surface area contributed by atoms with Crippen LogP contribution < -0.4 is 11.1 Å². The Kier molecular flexibility index (Phi) is 3.58. The molecule has 1 atom stereocenters. The van der Waals surface area contributed by atoms with E-state index in [1.54, 1.807) is 0 Å². The van der Waals surface area contributed by atoms with Crippen LogP contribution in [-0.2, 0) is 4.74 Å². The second kappa shape index (κ2) is 4.82. The SMILES string of the molecule is CC(C)(CN)N1CC(C2CCOCC2)NC1=O. The van der Waals surface area contributed by atoms with Crippen molar-refractivity contribution in [3.63, 3.8) is 0 Å². The number of ether oxygens (including phenoxy) is 1. The topological polar surface area (TPSA) is 67.6 Å². The van der Waals surface area contributed by atoms with Crippen molar-refractivity contribution in [3.8, 4) is 0 Å². The largest absolute Gasteiger partial charge is 0.381 e. The summed E-state index contributed by atoms with van der Waals surface area (Å²) >= 11 is 0. The quantitative estimate of drug-likeness (QED) is 0.758. The van der Waals surface area contributed by atoms with E-state index in [4.69, 9.17) is 10.5 Å². The van der Waals surface area contributed by atoms with Crippen molar-refractivity contribution >= 4 is 6.03 Å². The Morgan fingerprint density at radius 1 is 1.47 bits per heavy atom. The number of urea groups is 1. The monoisotopic (exact) mass is 241 g/mol. The number of amides is 2. The van der Waals surface area contributed by atoms with Crippen molar-refractivity contribution in [1.29, 1.82) is 0 Å². The van der Waals surface area contributed by atoms with Crippen LogP contribution in [0.15, 0.2) is 0 Å². The molecule has 2 rings (SSSR count). The van der Waals surface area contributed by atoms with Gasteiger partial charge in [-0.05, 0) is 32.6 Å². The Morgan fingerprint density at radius 2 is 2.12 bits per heavy atom. The van der Waals surface area contributed by atoms with Crippen LogP contribution in [-0.4, -0.2) is 48.8 Å². The molecule has 0 aliphatic carbocycles. The zero-order chi connectivity index (χ0) is 12.5. The van der Waals surface area contributed by atoms with E-state index >= 15 is 0 Å². The summed E-state index contributed by atoms with van der Waals surface area (Å²) in [6, 6.07) is 0.286. The average molecular weight is 241 g/mol. The Labute approximate surface area is 103 Å². The highest BCUT2D eigenvalue weighted by atomic mass is 16.5. The van der Waals surface area contributed by atoms with Gasteiger partial charge in [-0.25, -0.2) is 4.79 Å². The van der Waals surface area contributed by atoms with E-state index in [1.807, 2.05) is 18.7 Å². The number of nitrogens with two attached hydrogens (primary N) is 1. The van der Waals surface area contributed by atoms with E-state index in [1.165, 1.54) is 0 Å². The molecule has 0 aromatic rings. The fourth-order valence-corrected chi connectivity index (χ4v) is 2.58. The molecule has 0 aromatic carbocycles. The first kappa shape index (κ1) is 12.6. The minimum atomic E-state index is -0.260. The number of nitrogens with one attached hydrogen (secondary N) is 1. The molecule has 5 nitrogen and oxygen atoms in total. The molecule has 0 bridgehead atoms. The fourth-order valence-electron chi connectivity index (χ4n) is 2.58. The molecule has 2 saturated heterocycles. The van der Waals surface area contributed by atoms with Gasteiger partial charge in [-0.3, -0.25) is 0 Å². The van der Waals surface area contributed by atoms with E-state index in [-0.39, 0.29) is 17.6 Å². The summed E-state index contributed by atoms with van der Waals surface area (Å²) in [7, 11) is 0. The van der Waals surface area contributed by atoms with Gasteiger partial charge < -0.3 is 20.7 Å².